The number of anilines is 2. The molecule has 1 atom stereocenters. The standard InChI is InChI=1S/C19H22N2O2S/c1-4-15-5-7-17(8-6-15)21-19(23)13(2)24-18-11-9-16(10-12-18)20-14(3)22/h5-13H,4H2,1-3H3,(H,20,22)(H,21,23). The van der Waals surface area contributed by atoms with Gasteiger partial charge in [0.05, 0.1) is 5.25 Å². The molecule has 2 amide bonds. The number of nitrogens with one attached hydrogen (secondary N) is 2. The summed E-state index contributed by atoms with van der Waals surface area (Å²) in [6.07, 6.45) is 0.981. The van der Waals surface area contributed by atoms with Crippen LogP contribution in [0.3, 0.4) is 0 Å². The van der Waals surface area contributed by atoms with Crippen molar-refractivity contribution in [2.45, 2.75) is 37.3 Å². The summed E-state index contributed by atoms with van der Waals surface area (Å²) >= 11 is 1.48. The molecule has 0 saturated heterocycles. The van der Waals surface area contributed by atoms with Gasteiger partial charge in [-0.3, -0.25) is 9.59 Å². The van der Waals surface area contributed by atoms with Gasteiger partial charge in [-0.2, -0.15) is 0 Å². The van der Waals surface area contributed by atoms with Gasteiger partial charge in [0.15, 0.2) is 0 Å². The van der Waals surface area contributed by atoms with Crippen molar-refractivity contribution < 1.29 is 9.59 Å². The Morgan fingerprint density at radius 1 is 0.958 bits per heavy atom. The van der Waals surface area contributed by atoms with Crippen LogP contribution in [0.2, 0.25) is 0 Å². The number of hydrogen-bond donors (Lipinski definition) is 2. The molecular formula is C19H22N2O2S. The first-order chi connectivity index (χ1) is 11.5. The van der Waals surface area contributed by atoms with E-state index in [2.05, 4.69) is 17.6 Å². The van der Waals surface area contributed by atoms with E-state index in [-0.39, 0.29) is 17.1 Å². The molecule has 2 rings (SSSR count). The van der Waals surface area contributed by atoms with Crippen LogP contribution < -0.4 is 10.6 Å². The number of hydrogen-bond acceptors (Lipinski definition) is 3. The molecule has 2 aromatic rings. The first-order valence-corrected chi connectivity index (χ1v) is 8.80. The van der Waals surface area contributed by atoms with Gasteiger partial charge in [0.25, 0.3) is 0 Å². The van der Waals surface area contributed by atoms with Gasteiger partial charge in [0.2, 0.25) is 11.8 Å². The highest BCUT2D eigenvalue weighted by atomic mass is 32.2. The third-order valence-electron chi connectivity index (χ3n) is 3.49. The van der Waals surface area contributed by atoms with E-state index in [0.29, 0.717) is 0 Å². The lowest BCUT2D eigenvalue weighted by atomic mass is 10.1. The van der Waals surface area contributed by atoms with E-state index in [4.69, 9.17) is 0 Å². The molecule has 1 unspecified atom stereocenters. The smallest absolute Gasteiger partial charge is 0.237 e. The minimum absolute atomic E-state index is 0.0322. The molecule has 0 aromatic heterocycles. The van der Waals surface area contributed by atoms with Gasteiger partial charge in [0, 0.05) is 23.2 Å². The molecular weight excluding hydrogens is 320 g/mol. The monoisotopic (exact) mass is 342 g/mol. The highest BCUT2D eigenvalue weighted by Crippen LogP contribution is 2.25. The number of aryl methyl sites for hydroxylation is 1. The summed E-state index contributed by atoms with van der Waals surface area (Å²) in [7, 11) is 0. The Bertz CT molecular complexity index is 696. The van der Waals surface area contributed by atoms with E-state index < -0.39 is 0 Å². The third-order valence-corrected chi connectivity index (χ3v) is 4.60. The summed E-state index contributed by atoms with van der Waals surface area (Å²) < 4.78 is 0. The van der Waals surface area contributed by atoms with Crippen LogP contribution >= 0.6 is 11.8 Å². The second-order valence-electron chi connectivity index (χ2n) is 5.51. The number of carbonyl (C=O) groups is 2. The van der Waals surface area contributed by atoms with Crippen LogP contribution in [0.15, 0.2) is 53.4 Å². The molecule has 0 aliphatic carbocycles. The van der Waals surface area contributed by atoms with Crippen LogP contribution in [0.5, 0.6) is 0 Å². The fourth-order valence-electron chi connectivity index (χ4n) is 2.15. The molecule has 0 saturated carbocycles. The summed E-state index contributed by atoms with van der Waals surface area (Å²) in [6, 6.07) is 15.4. The first kappa shape index (κ1) is 18.1. The summed E-state index contributed by atoms with van der Waals surface area (Å²) in [5, 5.41) is 5.44. The summed E-state index contributed by atoms with van der Waals surface area (Å²) in [5.41, 5.74) is 2.81. The van der Waals surface area contributed by atoms with E-state index in [9.17, 15) is 9.59 Å². The molecule has 2 N–H and O–H groups in total. The Kier molecular flexibility index (Phi) is 6.44. The SMILES string of the molecule is CCc1ccc(NC(=O)C(C)Sc2ccc(NC(C)=O)cc2)cc1. The Labute approximate surface area is 147 Å². The van der Waals surface area contributed by atoms with Gasteiger partial charge in [-0.05, 0) is 55.3 Å². The van der Waals surface area contributed by atoms with Gasteiger partial charge in [-0.25, -0.2) is 0 Å². The molecule has 126 valence electrons. The first-order valence-electron chi connectivity index (χ1n) is 7.92. The maximum atomic E-state index is 12.3. The van der Waals surface area contributed by atoms with E-state index in [0.717, 1.165) is 22.7 Å². The molecule has 0 aliphatic heterocycles. The predicted octanol–water partition coefficient (Wildman–Crippen LogP) is 4.33. The minimum Gasteiger partial charge on any atom is -0.326 e. The predicted molar refractivity (Wildman–Crippen MR) is 101 cm³/mol. The molecule has 0 aliphatic rings. The maximum Gasteiger partial charge on any atom is 0.237 e. The molecule has 0 bridgehead atoms. The van der Waals surface area contributed by atoms with Crippen molar-refractivity contribution in [3.8, 4) is 0 Å². The molecule has 2 aromatic carbocycles. The lowest BCUT2D eigenvalue weighted by molar-refractivity contribution is -0.115. The van der Waals surface area contributed by atoms with Gasteiger partial charge >= 0.3 is 0 Å². The average Bonchev–Trinajstić information content (AvgIpc) is 2.56. The average molecular weight is 342 g/mol. The molecule has 0 heterocycles. The van der Waals surface area contributed by atoms with Crippen molar-refractivity contribution >= 4 is 35.0 Å². The molecule has 0 spiro atoms. The Hall–Kier alpha value is -2.27. The molecule has 4 nitrogen and oxygen atoms in total. The van der Waals surface area contributed by atoms with E-state index in [1.807, 2.05) is 55.5 Å². The highest BCUT2D eigenvalue weighted by molar-refractivity contribution is 8.00. The van der Waals surface area contributed by atoms with Gasteiger partial charge in [-0.15, -0.1) is 11.8 Å². The highest BCUT2D eigenvalue weighted by Gasteiger charge is 2.14. The zero-order chi connectivity index (χ0) is 17.5. The summed E-state index contributed by atoms with van der Waals surface area (Å²) in [6.45, 7) is 5.45. The van der Waals surface area contributed by atoms with Crippen LogP contribution in [-0.2, 0) is 16.0 Å². The molecule has 24 heavy (non-hydrogen) atoms. The van der Waals surface area contributed by atoms with Crippen LogP contribution in [-0.4, -0.2) is 17.1 Å². The zero-order valence-corrected chi connectivity index (χ0v) is 14.9. The van der Waals surface area contributed by atoms with Crippen LogP contribution in [0, 0.1) is 0 Å². The topological polar surface area (TPSA) is 58.2 Å². The van der Waals surface area contributed by atoms with Gasteiger partial charge in [0.1, 0.15) is 0 Å². The van der Waals surface area contributed by atoms with Crippen molar-refractivity contribution in [1.29, 1.82) is 0 Å². The van der Waals surface area contributed by atoms with Crippen molar-refractivity contribution in [3.05, 3.63) is 54.1 Å². The Morgan fingerprint density at radius 3 is 2.04 bits per heavy atom. The van der Waals surface area contributed by atoms with E-state index in [1.165, 1.54) is 24.2 Å². The van der Waals surface area contributed by atoms with Crippen molar-refractivity contribution in [1.82, 2.24) is 0 Å². The Morgan fingerprint density at radius 2 is 1.50 bits per heavy atom. The Balaban J connectivity index is 1.91. The van der Waals surface area contributed by atoms with Crippen LogP contribution in [0.4, 0.5) is 11.4 Å². The maximum absolute atomic E-state index is 12.3. The summed E-state index contributed by atoms with van der Waals surface area (Å²) in [5.74, 6) is -0.132. The van der Waals surface area contributed by atoms with E-state index >= 15 is 0 Å². The normalized spacial score (nSPS) is 11.6. The third kappa shape index (κ3) is 5.42. The lowest BCUT2D eigenvalue weighted by Crippen LogP contribution is -2.22. The van der Waals surface area contributed by atoms with Crippen molar-refractivity contribution in [3.63, 3.8) is 0 Å². The largest absolute Gasteiger partial charge is 0.326 e. The number of thioether (sulfide) groups is 1. The molecule has 0 fully saturated rings. The van der Waals surface area contributed by atoms with Gasteiger partial charge in [-0.1, -0.05) is 19.1 Å². The van der Waals surface area contributed by atoms with Crippen molar-refractivity contribution in [2.24, 2.45) is 0 Å². The fraction of sp³-hybridized carbons (Fsp3) is 0.263. The minimum atomic E-state index is -0.220. The lowest BCUT2D eigenvalue weighted by Gasteiger charge is -2.13. The quantitative estimate of drug-likeness (QED) is 0.768. The number of rotatable bonds is 6. The fourth-order valence-corrected chi connectivity index (χ4v) is 3.01. The van der Waals surface area contributed by atoms with Crippen molar-refractivity contribution in [2.75, 3.05) is 10.6 Å². The van der Waals surface area contributed by atoms with E-state index in [1.54, 1.807) is 0 Å². The molecule has 0 radical (unpaired) electrons. The van der Waals surface area contributed by atoms with Gasteiger partial charge < -0.3 is 10.6 Å². The second kappa shape index (κ2) is 8.55. The number of benzene rings is 2. The zero-order valence-electron chi connectivity index (χ0n) is 14.1. The van der Waals surface area contributed by atoms with Crippen LogP contribution in [0.1, 0.15) is 26.3 Å². The number of amides is 2. The van der Waals surface area contributed by atoms with Crippen LogP contribution in [0.25, 0.3) is 0 Å². The molecule has 5 heteroatoms. The summed E-state index contributed by atoms with van der Waals surface area (Å²) in [4.78, 5) is 24.3. The number of carbonyl (C=O) groups excluding carboxylic acids is 2. The second-order valence-corrected chi connectivity index (χ2v) is 6.92.